The average Bonchev–Trinajstić information content (AvgIpc) is 2.56. The van der Waals surface area contributed by atoms with Crippen LogP contribution in [0.15, 0.2) is 6.07 Å². The molecule has 0 aliphatic carbocycles. The first-order chi connectivity index (χ1) is 7.17. The summed E-state index contributed by atoms with van der Waals surface area (Å²) in [7, 11) is 1.54. The Hall–Kier alpha value is -1.16. The fourth-order valence-electron chi connectivity index (χ4n) is 1.57. The monoisotopic (exact) mass is 210 g/mol. The van der Waals surface area contributed by atoms with E-state index >= 15 is 0 Å². The zero-order valence-corrected chi connectivity index (χ0v) is 9.62. The Morgan fingerprint density at radius 3 is 2.93 bits per heavy atom. The highest BCUT2D eigenvalue weighted by molar-refractivity contribution is 5.79. The molecule has 0 N–H and O–H groups in total. The maximum absolute atomic E-state index is 11.3. The minimum absolute atomic E-state index is 0.138. The molecule has 1 aromatic rings. The van der Waals surface area contributed by atoms with Gasteiger partial charge in [0, 0.05) is 25.8 Å². The molecular formula is C11H18N2O2. The van der Waals surface area contributed by atoms with Crippen LogP contribution in [0.1, 0.15) is 24.7 Å². The van der Waals surface area contributed by atoms with Crippen molar-refractivity contribution < 1.29 is 9.53 Å². The Morgan fingerprint density at radius 1 is 1.60 bits per heavy atom. The van der Waals surface area contributed by atoms with Gasteiger partial charge in [-0.05, 0) is 26.3 Å². The Balaban J connectivity index is 2.52. The molecule has 0 unspecified atom stereocenters. The summed E-state index contributed by atoms with van der Waals surface area (Å²) in [5.74, 6) is 0.138. The molecule has 0 amide bonds. The van der Waals surface area contributed by atoms with Crippen LogP contribution in [0.2, 0.25) is 0 Å². The van der Waals surface area contributed by atoms with Gasteiger partial charge in [0.15, 0.2) is 5.78 Å². The Kier molecular flexibility index (Phi) is 4.49. The van der Waals surface area contributed by atoms with E-state index in [2.05, 4.69) is 5.10 Å². The van der Waals surface area contributed by atoms with Crippen LogP contribution in [0.25, 0.3) is 0 Å². The van der Waals surface area contributed by atoms with Crippen molar-refractivity contribution in [3.63, 3.8) is 0 Å². The molecule has 1 heterocycles. The molecule has 0 aliphatic heterocycles. The summed E-state index contributed by atoms with van der Waals surface area (Å²) < 4.78 is 6.72. The third kappa shape index (κ3) is 3.47. The highest BCUT2D eigenvalue weighted by atomic mass is 16.5. The van der Waals surface area contributed by atoms with E-state index < -0.39 is 0 Å². The molecule has 84 valence electrons. The first-order valence-electron chi connectivity index (χ1n) is 5.21. The van der Waals surface area contributed by atoms with Crippen LogP contribution in [-0.4, -0.2) is 29.3 Å². The smallest absolute Gasteiger partial charge is 0.158 e. The second kappa shape index (κ2) is 5.66. The van der Waals surface area contributed by atoms with Crippen molar-refractivity contribution in [2.24, 2.45) is 0 Å². The van der Waals surface area contributed by atoms with Crippen LogP contribution in [0.5, 0.6) is 0 Å². The summed E-state index contributed by atoms with van der Waals surface area (Å²) in [6.45, 7) is 5.07. The molecule has 1 aromatic heterocycles. The van der Waals surface area contributed by atoms with E-state index in [1.165, 1.54) is 0 Å². The van der Waals surface area contributed by atoms with Gasteiger partial charge in [-0.1, -0.05) is 0 Å². The van der Waals surface area contributed by atoms with Crippen molar-refractivity contribution in [2.75, 3.05) is 13.7 Å². The quantitative estimate of drug-likeness (QED) is 0.712. The van der Waals surface area contributed by atoms with E-state index in [1.807, 2.05) is 24.6 Å². The molecule has 1 rings (SSSR count). The van der Waals surface area contributed by atoms with Crippen LogP contribution in [-0.2, 0) is 22.5 Å². The molecule has 0 fully saturated rings. The zero-order chi connectivity index (χ0) is 11.3. The number of carbonyl (C=O) groups excluding carboxylic acids is 1. The van der Waals surface area contributed by atoms with E-state index in [1.54, 1.807) is 7.11 Å². The number of carbonyl (C=O) groups is 1. The molecule has 0 aromatic carbocycles. The first-order valence-corrected chi connectivity index (χ1v) is 5.21. The minimum Gasteiger partial charge on any atom is -0.377 e. The van der Waals surface area contributed by atoms with Crippen LogP contribution in [0.4, 0.5) is 0 Å². The summed E-state index contributed by atoms with van der Waals surface area (Å²) >= 11 is 0. The van der Waals surface area contributed by atoms with Gasteiger partial charge in [-0.15, -0.1) is 0 Å². The second-order valence-corrected chi connectivity index (χ2v) is 3.56. The third-order valence-corrected chi connectivity index (χ3v) is 2.25. The molecule has 15 heavy (non-hydrogen) atoms. The number of rotatable bonds is 6. The third-order valence-electron chi connectivity index (χ3n) is 2.25. The highest BCUT2D eigenvalue weighted by Crippen LogP contribution is 2.06. The van der Waals surface area contributed by atoms with Gasteiger partial charge in [-0.2, -0.15) is 5.10 Å². The molecule has 4 nitrogen and oxygen atoms in total. The Bertz CT molecular complexity index is 331. The van der Waals surface area contributed by atoms with E-state index in [-0.39, 0.29) is 12.4 Å². The fraction of sp³-hybridized carbons (Fsp3) is 0.636. The van der Waals surface area contributed by atoms with Gasteiger partial charge in [0.2, 0.25) is 0 Å². The molecule has 0 atom stereocenters. The summed E-state index contributed by atoms with van der Waals surface area (Å²) in [6.07, 6.45) is 1.27. The topological polar surface area (TPSA) is 44.1 Å². The van der Waals surface area contributed by atoms with Gasteiger partial charge >= 0.3 is 0 Å². The number of methoxy groups -OCH3 is 1. The highest BCUT2D eigenvalue weighted by Gasteiger charge is 2.07. The number of aromatic nitrogens is 2. The summed E-state index contributed by atoms with van der Waals surface area (Å²) in [5.41, 5.74) is 2.13. The fourth-order valence-corrected chi connectivity index (χ4v) is 1.57. The number of hydrogen-bond acceptors (Lipinski definition) is 3. The van der Waals surface area contributed by atoms with E-state index in [0.717, 1.165) is 24.4 Å². The van der Waals surface area contributed by atoms with Crippen molar-refractivity contribution in [3.05, 3.63) is 17.5 Å². The Morgan fingerprint density at radius 2 is 2.33 bits per heavy atom. The molecular weight excluding hydrogens is 192 g/mol. The molecule has 4 heteroatoms. The van der Waals surface area contributed by atoms with Crippen LogP contribution >= 0.6 is 0 Å². The van der Waals surface area contributed by atoms with Gasteiger partial charge < -0.3 is 4.74 Å². The SMILES string of the molecule is CCn1nc(C)cc1CCC(=O)COC. The van der Waals surface area contributed by atoms with Crippen LogP contribution in [0.3, 0.4) is 0 Å². The molecule has 0 saturated carbocycles. The van der Waals surface area contributed by atoms with Gasteiger partial charge in [-0.3, -0.25) is 9.48 Å². The van der Waals surface area contributed by atoms with E-state index in [0.29, 0.717) is 6.42 Å². The van der Waals surface area contributed by atoms with Crippen molar-refractivity contribution in [3.8, 4) is 0 Å². The normalized spacial score (nSPS) is 10.6. The van der Waals surface area contributed by atoms with Gasteiger partial charge in [0.1, 0.15) is 6.61 Å². The maximum atomic E-state index is 11.3. The molecule has 0 aliphatic rings. The van der Waals surface area contributed by atoms with Crippen LogP contribution in [0, 0.1) is 6.92 Å². The minimum atomic E-state index is 0.138. The lowest BCUT2D eigenvalue weighted by Gasteiger charge is -2.03. The molecule has 0 bridgehead atoms. The summed E-state index contributed by atoms with van der Waals surface area (Å²) in [4.78, 5) is 11.3. The van der Waals surface area contributed by atoms with E-state index in [4.69, 9.17) is 4.74 Å². The molecule has 0 radical (unpaired) electrons. The predicted octanol–water partition coefficient (Wildman–Crippen LogP) is 1.36. The van der Waals surface area contributed by atoms with Gasteiger partial charge in [-0.25, -0.2) is 0 Å². The van der Waals surface area contributed by atoms with Crippen molar-refractivity contribution in [1.82, 2.24) is 9.78 Å². The lowest BCUT2D eigenvalue weighted by molar-refractivity contribution is -0.122. The maximum Gasteiger partial charge on any atom is 0.158 e. The summed E-state index contributed by atoms with van der Waals surface area (Å²) in [5, 5.41) is 4.33. The lowest BCUT2D eigenvalue weighted by atomic mass is 10.2. The Labute approximate surface area is 90.2 Å². The first kappa shape index (κ1) is 11.9. The number of Topliss-reactive ketones (excluding diaryl/α,β-unsaturated/α-hetero) is 1. The predicted molar refractivity (Wildman–Crippen MR) is 57.8 cm³/mol. The number of ether oxygens (including phenoxy) is 1. The standard InChI is InChI=1S/C11H18N2O2/c1-4-13-10(7-9(2)12-13)5-6-11(14)8-15-3/h7H,4-6,8H2,1-3H3. The second-order valence-electron chi connectivity index (χ2n) is 3.56. The lowest BCUT2D eigenvalue weighted by Crippen LogP contribution is -2.10. The zero-order valence-electron chi connectivity index (χ0n) is 9.62. The number of aryl methyl sites for hydroxylation is 3. The van der Waals surface area contributed by atoms with Crippen molar-refractivity contribution >= 4 is 5.78 Å². The molecule has 0 saturated heterocycles. The van der Waals surface area contributed by atoms with Crippen molar-refractivity contribution in [1.29, 1.82) is 0 Å². The number of hydrogen-bond donors (Lipinski definition) is 0. The van der Waals surface area contributed by atoms with E-state index in [9.17, 15) is 4.79 Å². The molecule has 0 spiro atoms. The van der Waals surface area contributed by atoms with Crippen LogP contribution < -0.4 is 0 Å². The number of nitrogens with zero attached hydrogens (tertiary/aromatic N) is 2. The largest absolute Gasteiger partial charge is 0.377 e. The average molecular weight is 210 g/mol. The van der Waals surface area contributed by atoms with Crippen molar-refractivity contribution in [2.45, 2.75) is 33.2 Å². The number of ketones is 1. The summed E-state index contributed by atoms with van der Waals surface area (Å²) in [6, 6.07) is 2.03. The van der Waals surface area contributed by atoms with Gasteiger partial charge in [0.25, 0.3) is 0 Å². The van der Waals surface area contributed by atoms with Gasteiger partial charge in [0.05, 0.1) is 5.69 Å².